The number of carbonyl (C=O) groups excluding carboxylic acids is 1. The van der Waals surface area contributed by atoms with Crippen molar-refractivity contribution in [2.45, 2.75) is 51.6 Å². The molecule has 32 heavy (non-hydrogen) atoms. The number of hydrogen-bond donors (Lipinski definition) is 2. The van der Waals surface area contributed by atoms with E-state index >= 15 is 0 Å². The van der Waals surface area contributed by atoms with Crippen LogP contribution in [0.25, 0.3) is 11.4 Å². The zero-order valence-corrected chi connectivity index (χ0v) is 20.2. The monoisotopic (exact) mass is 465 g/mol. The summed E-state index contributed by atoms with van der Waals surface area (Å²) in [7, 11) is 0. The van der Waals surface area contributed by atoms with Crippen molar-refractivity contribution in [3.8, 4) is 17.5 Å². The van der Waals surface area contributed by atoms with E-state index in [9.17, 15) is 10.1 Å². The third-order valence-corrected chi connectivity index (χ3v) is 8.51. The molecule has 1 atom stereocenters. The molecule has 2 aromatic heterocycles. The molecule has 1 amide bonds. The molecule has 0 aliphatic heterocycles. The van der Waals surface area contributed by atoms with Crippen LogP contribution < -0.4 is 5.32 Å². The van der Waals surface area contributed by atoms with Gasteiger partial charge in [-0.1, -0.05) is 69.3 Å². The maximum Gasteiger partial charge on any atom is 0.235 e. The molecule has 6 nitrogen and oxygen atoms in total. The SMILES string of the molecule is CCC(C)(C)[C@@H]1CCc2c(sc(NC(=O)CSc3n[nH]c(-c4ccccc4)n3)c2C#N)C1. The van der Waals surface area contributed by atoms with Gasteiger partial charge in [0.05, 0.1) is 11.3 Å². The summed E-state index contributed by atoms with van der Waals surface area (Å²) in [6.07, 6.45) is 4.13. The number of thiophene rings is 1. The number of amides is 1. The number of hydrogen-bond acceptors (Lipinski definition) is 6. The largest absolute Gasteiger partial charge is 0.316 e. The Bertz CT molecular complexity index is 1140. The molecular formula is C24H27N5OS2. The third kappa shape index (κ3) is 4.74. The van der Waals surface area contributed by atoms with Crippen LogP contribution in [0.5, 0.6) is 0 Å². The van der Waals surface area contributed by atoms with E-state index in [4.69, 9.17) is 0 Å². The number of benzene rings is 1. The maximum absolute atomic E-state index is 12.6. The van der Waals surface area contributed by atoms with Gasteiger partial charge in [-0.2, -0.15) is 5.26 Å². The summed E-state index contributed by atoms with van der Waals surface area (Å²) in [6.45, 7) is 6.90. The van der Waals surface area contributed by atoms with Gasteiger partial charge < -0.3 is 5.32 Å². The van der Waals surface area contributed by atoms with Crippen LogP contribution in [-0.2, 0) is 17.6 Å². The van der Waals surface area contributed by atoms with Crippen molar-refractivity contribution in [2.24, 2.45) is 11.3 Å². The lowest BCUT2D eigenvalue weighted by Crippen LogP contribution is -2.28. The average molecular weight is 466 g/mol. The van der Waals surface area contributed by atoms with Crippen LogP contribution >= 0.6 is 23.1 Å². The molecule has 0 fully saturated rings. The minimum atomic E-state index is -0.151. The number of nitrogens with one attached hydrogen (secondary N) is 2. The molecule has 0 saturated heterocycles. The first kappa shape index (κ1) is 22.6. The fraction of sp³-hybridized carbons (Fsp3) is 0.417. The fourth-order valence-corrected chi connectivity index (χ4v) is 5.97. The molecule has 0 saturated carbocycles. The van der Waals surface area contributed by atoms with Crippen molar-refractivity contribution in [1.29, 1.82) is 5.26 Å². The summed E-state index contributed by atoms with van der Waals surface area (Å²) in [5, 5.41) is 21.0. The van der Waals surface area contributed by atoms with Crippen LogP contribution in [-0.4, -0.2) is 26.8 Å². The first-order chi connectivity index (χ1) is 15.4. The van der Waals surface area contributed by atoms with E-state index in [2.05, 4.69) is 47.3 Å². The van der Waals surface area contributed by atoms with Gasteiger partial charge >= 0.3 is 0 Å². The first-order valence-electron chi connectivity index (χ1n) is 10.9. The Morgan fingerprint density at radius 3 is 2.88 bits per heavy atom. The van der Waals surface area contributed by atoms with Gasteiger partial charge in [-0.15, -0.1) is 16.4 Å². The van der Waals surface area contributed by atoms with Gasteiger partial charge in [0.15, 0.2) is 5.82 Å². The third-order valence-electron chi connectivity index (χ3n) is 6.49. The number of H-pyrrole nitrogens is 1. The van der Waals surface area contributed by atoms with E-state index in [0.717, 1.165) is 36.8 Å². The van der Waals surface area contributed by atoms with Crippen molar-refractivity contribution in [3.63, 3.8) is 0 Å². The Balaban J connectivity index is 1.40. The van der Waals surface area contributed by atoms with Crippen LogP contribution in [0.4, 0.5) is 5.00 Å². The molecule has 2 N–H and O–H groups in total. The number of carbonyl (C=O) groups is 1. The molecule has 2 heterocycles. The van der Waals surface area contributed by atoms with E-state index in [1.165, 1.54) is 16.6 Å². The smallest absolute Gasteiger partial charge is 0.235 e. The molecule has 166 valence electrons. The zero-order valence-electron chi connectivity index (χ0n) is 18.6. The predicted octanol–water partition coefficient (Wildman–Crippen LogP) is 5.68. The van der Waals surface area contributed by atoms with E-state index in [1.807, 2.05) is 30.3 Å². The lowest BCUT2D eigenvalue weighted by Gasteiger charge is -2.36. The Hall–Kier alpha value is -2.63. The normalized spacial score (nSPS) is 15.8. The van der Waals surface area contributed by atoms with Gasteiger partial charge in [-0.05, 0) is 36.2 Å². The Morgan fingerprint density at radius 2 is 2.16 bits per heavy atom. The molecule has 3 aromatic rings. The summed E-state index contributed by atoms with van der Waals surface area (Å²) in [4.78, 5) is 18.3. The molecule has 1 aromatic carbocycles. The highest BCUT2D eigenvalue weighted by atomic mass is 32.2. The van der Waals surface area contributed by atoms with Gasteiger partial charge in [0.2, 0.25) is 11.1 Å². The average Bonchev–Trinajstić information content (AvgIpc) is 3.42. The van der Waals surface area contributed by atoms with Gasteiger partial charge in [-0.3, -0.25) is 9.89 Å². The molecule has 0 unspecified atom stereocenters. The Morgan fingerprint density at radius 1 is 1.38 bits per heavy atom. The Kier molecular flexibility index (Phi) is 6.68. The molecule has 4 rings (SSSR count). The van der Waals surface area contributed by atoms with E-state index in [-0.39, 0.29) is 17.1 Å². The molecular weight excluding hydrogens is 438 g/mol. The predicted molar refractivity (Wildman–Crippen MR) is 130 cm³/mol. The number of aromatic nitrogens is 3. The minimum absolute atomic E-state index is 0.151. The van der Waals surface area contributed by atoms with Crippen LogP contribution in [0.2, 0.25) is 0 Å². The molecule has 1 aliphatic rings. The van der Waals surface area contributed by atoms with Crippen molar-refractivity contribution in [2.75, 3.05) is 11.1 Å². The van der Waals surface area contributed by atoms with Crippen LogP contribution in [0.3, 0.4) is 0 Å². The molecule has 1 aliphatic carbocycles. The van der Waals surface area contributed by atoms with Crippen molar-refractivity contribution in [3.05, 3.63) is 46.3 Å². The van der Waals surface area contributed by atoms with Gasteiger partial charge in [0.25, 0.3) is 0 Å². The fourth-order valence-electron chi connectivity index (χ4n) is 4.08. The maximum atomic E-state index is 12.6. The second kappa shape index (κ2) is 9.47. The number of nitriles is 1. The number of fused-ring (bicyclic) bond motifs is 1. The van der Waals surface area contributed by atoms with Crippen LogP contribution in [0, 0.1) is 22.7 Å². The lowest BCUT2D eigenvalue weighted by atomic mass is 9.69. The number of anilines is 1. The summed E-state index contributed by atoms with van der Waals surface area (Å²) in [5.41, 5.74) is 3.00. The molecule has 0 radical (unpaired) electrons. The molecule has 0 bridgehead atoms. The zero-order chi connectivity index (χ0) is 22.7. The van der Waals surface area contributed by atoms with Gasteiger partial charge in [0, 0.05) is 10.4 Å². The highest BCUT2D eigenvalue weighted by Crippen LogP contribution is 2.45. The number of thioether (sulfide) groups is 1. The van der Waals surface area contributed by atoms with E-state index in [1.54, 1.807) is 11.3 Å². The highest BCUT2D eigenvalue weighted by molar-refractivity contribution is 7.99. The number of aromatic amines is 1. The van der Waals surface area contributed by atoms with Crippen LogP contribution in [0.15, 0.2) is 35.5 Å². The summed E-state index contributed by atoms with van der Waals surface area (Å²) < 4.78 is 0. The quantitative estimate of drug-likeness (QED) is 0.438. The molecule has 0 spiro atoms. The first-order valence-corrected chi connectivity index (χ1v) is 12.7. The van der Waals surface area contributed by atoms with Crippen molar-refractivity contribution in [1.82, 2.24) is 15.2 Å². The van der Waals surface area contributed by atoms with Gasteiger partial charge in [-0.25, -0.2) is 4.98 Å². The van der Waals surface area contributed by atoms with E-state index < -0.39 is 0 Å². The van der Waals surface area contributed by atoms with Gasteiger partial charge in [0.1, 0.15) is 11.1 Å². The topological polar surface area (TPSA) is 94.5 Å². The lowest BCUT2D eigenvalue weighted by molar-refractivity contribution is -0.113. The summed E-state index contributed by atoms with van der Waals surface area (Å²) in [5.74, 6) is 1.32. The minimum Gasteiger partial charge on any atom is -0.316 e. The Labute approximate surface area is 196 Å². The van der Waals surface area contributed by atoms with E-state index in [0.29, 0.717) is 27.5 Å². The second-order valence-corrected chi connectivity index (χ2v) is 10.8. The summed E-state index contributed by atoms with van der Waals surface area (Å²) >= 11 is 2.84. The second-order valence-electron chi connectivity index (χ2n) is 8.77. The molecule has 8 heteroatoms. The highest BCUT2D eigenvalue weighted by Gasteiger charge is 2.34. The number of nitrogens with zero attached hydrogens (tertiary/aromatic N) is 3. The standard InChI is InChI=1S/C24H27N5OS2/c1-4-24(2,3)16-10-11-17-18(13-25)22(32-19(17)12-16)26-20(30)14-31-23-27-21(28-29-23)15-8-6-5-7-9-15/h5-9,16H,4,10-12,14H2,1-3H3,(H,26,30)(H,27,28,29)/t16-/m1/s1. The van der Waals surface area contributed by atoms with Crippen LogP contribution in [0.1, 0.15) is 49.6 Å². The van der Waals surface area contributed by atoms with Crippen molar-refractivity contribution < 1.29 is 4.79 Å². The summed E-state index contributed by atoms with van der Waals surface area (Å²) in [6, 6.07) is 12.1. The number of rotatable bonds is 7. The van der Waals surface area contributed by atoms with Crippen molar-refractivity contribution >= 4 is 34.0 Å².